The monoisotopic (exact) mass is 390 g/mol. The summed E-state index contributed by atoms with van der Waals surface area (Å²) >= 11 is 2.85. The quantitative estimate of drug-likeness (QED) is 0.794. The zero-order valence-corrected chi connectivity index (χ0v) is 16.9. The molecule has 0 unspecified atom stereocenters. The van der Waals surface area contributed by atoms with Gasteiger partial charge in [0.05, 0.1) is 13.2 Å². The Labute approximate surface area is 161 Å². The Morgan fingerprint density at radius 2 is 2.12 bits per heavy atom. The number of carbonyl (C=O) groups is 1. The van der Waals surface area contributed by atoms with Gasteiger partial charge in [-0.25, -0.2) is 5.01 Å². The number of phenolic OH excluding ortho intramolecular Hbond substituents is 1. The molecule has 0 aliphatic carbocycles. The third-order valence-electron chi connectivity index (χ3n) is 4.08. The number of nitrogens with zero attached hydrogens (tertiary/aromatic N) is 2. The summed E-state index contributed by atoms with van der Waals surface area (Å²) in [7, 11) is 3.71. The SMILES string of the molecule is CCOc1c(O)ccc(C=C2CN(N(C)C)C(=O)S2)c1-c1sccc1C. The maximum Gasteiger partial charge on any atom is 0.300 e. The summed E-state index contributed by atoms with van der Waals surface area (Å²) in [6.45, 7) is 4.96. The zero-order valence-electron chi connectivity index (χ0n) is 15.3. The number of phenols is 1. The van der Waals surface area contributed by atoms with Crippen LogP contribution in [0.3, 0.4) is 0 Å². The van der Waals surface area contributed by atoms with E-state index in [1.165, 1.54) is 11.8 Å². The van der Waals surface area contributed by atoms with Crippen LogP contribution in [0.1, 0.15) is 18.1 Å². The fourth-order valence-corrected chi connectivity index (χ4v) is 4.74. The molecule has 7 heteroatoms. The molecule has 0 radical (unpaired) electrons. The van der Waals surface area contributed by atoms with E-state index in [0.717, 1.165) is 26.5 Å². The van der Waals surface area contributed by atoms with E-state index in [2.05, 4.69) is 6.07 Å². The van der Waals surface area contributed by atoms with Crippen LogP contribution < -0.4 is 4.74 Å². The van der Waals surface area contributed by atoms with Crippen molar-refractivity contribution in [1.29, 1.82) is 0 Å². The van der Waals surface area contributed by atoms with E-state index in [1.54, 1.807) is 27.4 Å². The molecule has 1 N–H and O–H groups in total. The van der Waals surface area contributed by atoms with Crippen molar-refractivity contribution >= 4 is 34.4 Å². The fourth-order valence-electron chi connectivity index (χ4n) is 2.82. The number of benzene rings is 1. The first-order valence-corrected chi connectivity index (χ1v) is 10.0. The van der Waals surface area contributed by atoms with Gasteiger partial charge in [0.1, 0.15) is 0 Å². The van der Waals surface area contributed by atoms with Gasteiger partial charge in [0, 0.05) is 29.4 Å². The van der Waals surface area contributed by atoms with E-state index in [4.69, 9.17) is 4.74 Å². The van der Waals surface area contributed by atoms with Crippen LogP contribution in [0.25, 0.3) is 16.5 Å². The van der Waals surface area contributed by atoms with Gasteiger partial charge in [-0.05, 0) is 60.3 Å². The molecular formula is C19H22N2O3S2. The van der Waals surface area contributed by atoms with E-state index in [9.17, 15) is 9.90 Å². The number of hydrogen-bond donors (Lipinski definition) is 1. The molecule has 0 bridgehead atoms. The van der Waals surface area contributed by atoms with E-state index >= 15 is 0 Å². The molecule has 1 amide bonds. The number of hydrazine groups is 1. The molecule has 5 nitrogen and oxygen atoms in total. The van der Waals surface area contributed by atoms with Crippen LogP contribution in [-0.2, 0) is 0 Å². The van der Waals surface area contributed by atoms with Gasteiger partial charge in [0.2, 0.25) is 0 Å². The lowest BCUT2D eigenvalue weighted by Gasteiger charge is -2.21. The maximum absolute atomic E-state index is 12.2. The number of rotatable bonds is 5. The topological polar surface area (TPSA) is 53.0 Å². The van der Waals surface area contributed by atoms with Crippen molar-refractivity contribution in [2.75, 3.05) is 27.2 Å². The van der Waals surface area contributed by atoms with E-state index in [0.29, 0.717) is 18.9 Å². The summed E-state index contributed by atoms with van der Waals surface area (Å²) in [5, 5.41) is 15.9. The van der Waals surface area contributed by atoms with Crippen LogP contribution >= 0.6 is 23.1 Å². The average molecular weight is 391 g/mol. The van der Waals surface area contributed by atoms with Gasteiger partial charge in [-0.15, -0.1) is 11.3 Å². The molecule has 2 aromatic rings. The first-order valence-electron chi connectivity index (χ1n) is 8.32. The van der Waals surface area contributed by atoms with Gasteiger partial charge >= 0.3 is 5.24 Å². The Kier molecular flexibility index (Phi) is 5.60. The summed E-state index contributed by atoms with van der Waals surface area (Å²) in [6.07, 6.45) is 2.02. The van der Waals surface area contributed by atoms with Crippen LogP contribution in [0, 0.1) is 6.92 Å². The number of ether oxygens (including phenoxy) is 1. The van der Waals surface area contributed by atoms with Gasteiger partial charge < -0.3 is 9.84 Å². The third kappa shape index (κ3) is 3.60. The number of aromatic hydroxyl groups is 1. The van der Waals surface area contributed by atoms with Crippen LogP contribution in [0.2, 0.25) is 0 Å². The minimum Gasteiger partial charge on any atom is -0.504 e. The highest BCUT2D eigenvalue weighted by atomic mass is 32.2. The molecule has 1 aliphatic heterocycles. The third-order valence-corrected chi connectivity index (χ3v) is 6.01. The molecule has 26 heavy (non-hydrogen) atoms. The lowest BCUT2D eigenvalue weighted by molar-refractivity contribution is 0.0943. The highest BCUT2D eigenvalue weighted by Gasteiger charge is 2.28. The van der Waals surface area contributed by atoms with Gasteiger partial charge in [0.25, 0.3) is 0 Å². The Morgan fingerprint density at radius 3 is 2.69 bits per heavy atom. The maximum atomic E-state index is 12.2. The molecule has 1 aromatic heterocycles. The van der Waals surface area contributed by atoms with E-state index < -0.39 is 0 Å². The van der Waals surface area contributed by atoms with E-state index in [1.807, 2.05) is 45.5 Å². The number of hydrogen-bond acceptors (Lipinski definition) is 6. The summed E-state index contributed by atoms with van der Waals surface area (Å²) in [5.41, 5.74) is 2.95. The van der Waals surface area contributed by atoms with Crippen molar-refractivity contribution in [3.05, 3.63) is 39.6 Å². The van der Waals surface area contributed by atoms with Crippen molar-refractivity contribution in [3.63, 3.8) is 0 Å². The number of thiophene rings is 1. The second-order valence-corrected chi connectivity index (χ2v) is 8.12. The molecule has 3 rings (SSSR count). The van der Waals surface area contributed by atoms with Crippen molar-refractivity contribution in [1.82, 2.24) is 10.0 Å². The lowest BCUT2D eigenvalue weighted by Crippen LogP contribution is -2.36. The fraction of sp³-hybridized carbons (Fsp3) is 0.316. The normalized spacial score (nSPS) is 16.1. The van der Waals surface area contributed by atoms with Crippen molar-refractivity contribution in [3.8, 4) is 21.9 Å². The predicted octanol–water partition coefficient (Wildman–Crippen LogP) is 4.81. The zero-order chi connectivity index (χ0) is 18.8. The molecule has 138 valence electrons. The molecule has 2 heterocycles. The molecule has 0 spiro atoms. The van der Waals surface area contributed by atoms with Gasteiger partial charge in [-0.3, -0.25) is 9.80 Å². The second kappa shape index (κ2) is 7.73. The van der Waals surface area contributed by atoms with Crippen LogP contribution in [-0.4, -0.2) is 47.6 Å². The Bertz CT molecular complexity index is 858. The summed E-state index contributed by atoms with van der Waals surface area (Å²) in [5.74, 6) is 0.619. The Balaban J connectivity index is 2.11. The lowest BCUT2D eigenvalue weighted by atomic mass is 10.0. The first kappa shape index (κ1) is 18.8. The Hall–Kier alpha value is -1.96. The van der Waals surface area contributed by atoms with Gasteiger partial charge in [-0.1, -0.05) is 6.07 Å². The molecule has 1 aromatic carbocycles. The number of amides is 1. The summed E-state index contributed by atoms with van der Waals surface area (Å²) in [4.78, 5) is 14.2. The van der Waals surface area contributed by atoms with Gasteiger partial charge in [0.15, 0.2) is 11.5 Å². The molecule has 1 fully saturated rings. The minimum atomic E-state index is 0.0129. The van der Waals surface area contributed by atoms with Crippen LogP contribution in [0.5, 0.6) is 11.5 Å². The average Bonchev–Trinajstić information content (AvgIpc) is 3.16. The number of aryl methyl sites for hydroxylation is 1. The smallest absolute Gasteiger partial charge is 0.300 e. The molecule has 1 saturated heterocycles. The highest BCUT2D eigenvalue weighted by molar-refractivity contribution is 8.17. The minimum absolute atomic E-state index is 0.0129. The van der Waals surface area contributed by atoms with E-state index in [-0.39, 0.29) is 11.0 Å². The Morgan fingerprint density at radius 1 is 1.35 bits per heavy atom. The molecule has 0 atom stereocenters. The molecular weight excluding hydrogens is 368 g/mol. The first-order chi connectivity index (χ1) is 12.4. The van der Waals surface area contributed by atoms with Crippen LogP contribution in [0.4, 0.5) is 4.79 Å². The van der Waals surface area contributed by atoms with Crippen molar-refractivity contribution in [2.45, 2.75) is 13.8 Å². The largest absolute Gasteiger partial charge is 0.504 e. The molecule has 0 saturated carbocycles. The second-order valence-electron chi connectivity index (χ2n) is 6.13. The number of thioether (sulfide) groups is 1. The summed E-state index contributed by atoms with van der Waals surface area (Å²) in [6, 6.07) is 5.58. The van der Waals surface area contributed by atoms with Crippen LogP contribution in [0.15, 0.2) is 28.5 Å². The highest BCUT2D eigenvalue weighted by Crippen LogP contribution is 2.45. The predicted molar refractivity (Wildman–Crippen MR) is 109 cm³/mol. The van der Waals surface area contributed by atoms with Crippen molar-refractivity contribution < 1.29 is 14.6 Å². The summed E-state index contributed by atoms with van der Waals surface area (Å²) < 4.78 is 5.77. The van der Waals surface area contributed by atoms with Gasteiger partial charge in [-0.2, -0.15) is 0 Å². The molecule has 1 aliphatic rings. The number of carbonyl (C=O) groups excluding carboxylic acids is 1. The van der Waals surface area contributed by atoms with Crippen molar-refractivity contribution in [2.24, 2.45) is 0 Å². The standard InChI is InChI=1S/C19H22N2O3S2/c1-5-24-17-15(22)7-6-13(16(17)18-12(2)8-9-25-18)10-14-11-21(20(3)4)19(23)26-14/h6-10,22H,5,11H2,1-4H3.